The van der Waals surface area contributed by atoms with Gasteiger partial charge in [-0.05, 0) is 46.2 Å². The van der Waals surface area contributed by atoms with Gasteiger partial charge in [0.1, 0.15) is 5.54 Å². The van der Waals surface area contributed by atoms with Crippen LogP contribution in [-0.4, -0.2) is 67.1 Å². The molecule has 7 heteroatoms. The van der Waals surface area contributed by atoms with Crippen molar-refractivity contribution < 1.29 is 18.3 Å². The molecule has 6 nitrogen and oxygen atoms in total. The standard InChI is InChI=1S/C14H28N2O4S/c1-4-6-15-14(3,13(17)18)11-12(2)16-7-5-9-21(19,20)10-8-16/h12,15H,4-11H2,1-3H3,(H,17,18). The van der Waals surface area contributed by atoms with Crippen LogP contribution in [0, 0.1) is 0 Å². The van der Waals surface area contributed by atoms with Crippen molar-refractivity contribution in [2.45, 2.75) is 51.6 Å². The van der Waals surface area contributed by atoms with Gasteiger partial charge in [-0.2, -0.15) is 0 Å². The molecule has 0 bridgehead atoms. The van der Waals surface area contributed by atoms with Crippen molar-refractivity contribution in [3.05, 3.63) is 0 Å². The lowest BCUT2D eigenvalue weighted by atomic mass is 9.92. The molecule has 0 aromatic carbocycles. The lowest BCUT2D eigenvalue weighted by Crippen LogP contribution is -2.54. The van der Waals surface area contributed by atoms with E-state index in [9.17, 15) is 18.3 Å². The number of hydrogen-bond acceptors (Lipinski definition) is 5. The second kappa shape index (κ2) is 7.56. The van der Waals surface area contributed by atoms with E-state index in [1.807, 2.05) is 13.8 Å². The first kappa shape index (κ1) is 18.4. The predicted octanol–water partition coefficient (Wildman–Crippen LogP) is 0.728. The van der Waals surface area contributed by atoms with Crippen LogP contribution in [0.2, 0.25) is 0 Å². The fraction of sp³-hybridized carbons (Fsp3) is 0.929. The molecule has 0 aromatic rings. The Morgan fingerprint density at radius 3 is 2.62 bits per heavy atom. The molecular formula is C14H28N2O4S. The molecule has 1 aliphatic rings. The summed E-state index contributed by atoms with van der Waals surface area (Å²) >= 11 is 0. The van der Waals surface area contributed by atoms with Crippen molar-refractivity contribution >= 4 is 15.8 Å². The summed E-state index contributed by atoms with van der Waals surface area (Å²) in [6.45, 7) is 7.54. The average Bonchev–Trinajstić information content (AvgIpc) is 2.57. The molecule has 1 heterocycles. The summed E-state index contributed by atoms with van der Waals surface area (Å²) in [6.07, 6.45) is 1.96. The molecule has 0 aliphatic carbocycles. The monoisotopic (exact) mass is 320 g/mol. The number of hydrogen-bond donors (Lipinski definition) is 2. The van der Waals surface area contributed by atoms with Crippen molar-refractivity contribution in [1.82, 2.24) is 10.2 Å². The van der Waals surface area contributed by atoms with Crippen LogP contribution >= 0.6 is 0 Å². The molecule has 2 unspecified atom stereocenters. The fourth-order valence-electron chi connectivity index (χ4n) is 2.75. The topological polar surface area (TPSA) is 86.7 Å². The maximum atomic E-state index is 11.6. The van der Waals surface area contributed by atoms with Crippen molar-refractivity contribution in [3.63, 3.8) is 0 Å². The number of nitrogens with zero attached hydrogens (tertiary/aromatic N) is 1. The average molecular weight is 320 g/mol. The Balaban J connectivity index is 2.68. The highest BCUT2D eigenvalue weighted by atomic mass is 32.2. The number of aliphatic carboxylic acids is 1. The summed E-state index contributed by atoms with van der Waals surface area (Å²) in [5.74, 6) is -0.449. The van der Waals surface area contributed by atoms with Crippen LogP contribution in [0.3, 0.4) is 0 Å². The van der Waals surface area contributed by atoms with Gasteiger partial charge in [-0.3, -0.25) is 9.69 Å². The first-order valence-electron chi connectivity index (χ1n) is 7.63. The summed E-state index contributed by atoms with van der Waals surface area (Å²) in [5, 5.41) is 12.6. The van der Waals surface area contributed by atoms with Gasteiger partial charge in [0.05, 0.1) is 11.5 Å². The smallest absolute Gasteiger partial charge is 0.323 e. The van der Waals surface area contributed by atoms with E-state index in [0.717, 1.165) is 6.42 Å². The Bertz CT molecular complexity index is 452. The zero-order chi connectivity index (χ0) is 16.1. The van der Waals surface area contributed by atoms with Gasteiger partial charge in [-0.25, -0.2) is 8.42 Å². The Morgan fingerprint density at radius 2 is 2.05 bits per heavy atom. The van der Waals surface area contributed by atoms with Crippen LogP contribution in [0.4, 0.5) is 0 Å². The number of sulfone groups is 1. The Morgan fingerprint density at radius 1 is 1.38 bits per heavy atom. The lowest BCUT2D eigenvalue weighted by molar-refractivity contribution is -0.145. The first-order valence-corrected chi connectivity index (χ1v) is 9.45. The molecule has 0 aromatic heterocycles. The first-order chi connectivity index (χ1) is 9.70. The highest BCUT2D eigenvalue weighted by molar-refractivity contribution is 7.91. The van der Waals surface area contributed by atoms with Crippen LogP contribution in [0.1, 0.15) is 40.0 Å². The van der Waals surface area contributed by atoms with Gasteiger partial charge in [0, 0.05) is 12.6 Å². The number of carboxylic acids is 1. The van der Waals surface area contributed by atoms with Gasteiger partial charge in [0.15, 0.2) is 9.84 Å². The molecule has 0 spiro atoms. The second-order valence-corrected chi connectivity index (χ2v) is 8.46. The molecule has 2 atom stereocenters. The summed E-state index contributed by atoms with van der Waals surface area (Å²) in [4.78, 5) is 13.6. The van der Waals surface area contributed by atoms with E-state index in [2.05, 4.69) is 10.2 Å². The summed E-state index contributed by atoms with van der Waals surface area (Å²) in [6, 6.07) is 0.0313. The summed E-state index contributed by atoms with van der Waals surface area (Å²) in [7, 11) is -2.93. The minimum atomic E-state index is -2.93. The van der Waals surface area contributed by atoms with Crippen LogP contribution < -0.4 is 5.32 Å². The van der Waals surface area contributed by atoms with E-state index in [4.69, 9.17) is 0 Å². The zero-order valence-corrected chi connectivity index (χ0v) is 14.1. The van der Waals surface area contributed by atoms with Gasteiger partial charge in [0.25, 0.3) is 0 Å². The van der Waals surface area contributed by atoms with E-state index >= 15 is 0 Å². The molecule has 1 saturated heterocycles. The highest BCUT2D eigenvalue weighted by Gasteiger charge is 2.36. The molecule has 0 saturated carbocycles. The van der Waals surface area contributed by atoms with Crippen molar-refractivity contribution in [2.75, 3.05) is 31.1 Å². The molecule has 0 radical (unpaired) electrons. The maximum absolute atomic E-state index is 11.6. The second-order valence-electron chi connectivity index (χ2n) is 6.16. The van der Waals surface area contributed by atoms with Gasteiger partial charge in [-0.15, -0.1) is 0 Å². The maximum Gasteiger partial charge on any atom is 0.323 e. The van der Waals surface area contributed by atoms with Gasteiger partial charge in [-0.1, -0.05) is 6.92 Å². The van der Waals surface area contributed by atoms with Crippen LogP contribution in [0.25, 0.3) is 0 Å². The molecule has 2 N–H and O–H groups in total. The number of carboxylic acid groups (broad SMARTS) is 1. The van der Waals surface area contributed by atoms with E-state index in [1.54, 1.807) is 6.92 Å². The third-order valence-electron chi connectivity index (χ3n) is 4.15. The van der Waals surface area contributed by atoms with E-state index in [0.29, 0.717) is 32.5 Å². The molecule has 1 fully saturated rings. The van der Waals surface area contributed by atoms with Gasteiger partial charge in [0.2, 0.25) is 0 Å². The molecule has 21 heavy (non-hydrogen) atoms. The largest absolute Gasteiger partial charge is 0.480 e. The molecule has 1 rings (SSSR count). The summed E-state index contributed by atoms with van der Waals surface area (Å²) in [5.41, 5.74) is -0.972. The Hall–Kier alpha value is -0.660. The number of nitrogens with one attached hydrogen (secondary N) is 1. The van der Waals surface area contributed by atoms with Crippen LogP contribution in [-0.2, 0) is 14.6 Å². The predicted molar refractivity (Wildman–Crippen MR) is 83.3 cm³/mol. The van der Waals surface area contributed by atoms with Crippen molar-refractivity contribution in [3.8, 4) is 0 Å². The van der Waals surface area contributed by atoms with Crippen LogP contribution in [0.5, 0.6) is 0 Å². The molecule has 124 valence electrons. The van der Waals surface area contributed by atoms with E-state index < -0.39 is 21.3 Å². The Kier molecular flexibility index (Phi) is 6.62. The molecule has 0 amide bonds. The summed E-state index contributed by atoms with van der Waals surface area (Å²) < 4.78 is 23.3. The molecule has 1 aliphatic heterocycles. The van der Waals surface area contributed by atoms with E-state index in [1.165, 1.54) is 0 Å². The number of rotatable bonds is 7. The van der Waals surface area contributed by atoms with E-state index in [-0.39, 0.29) is 17.5 Å². The minimum absolute atomic E-state index is 0.0313. The molecular weight excluding hydrogens is 292 g/mol. The van der Waals surface area contributed by atoms with Crippen molar-refractivity contribution in [1.29, 1.82) is 0 Å². The normalized spacial score (nSPS) is 24.0. The lowest BCUT2D eigenvalue weighted by Gasteiger charge is -2.34. The SMILES string of the molecule is CCCNC(C)(CC(C)N1CCCS(=O)(=O)CC1)C(=O)O. The third kappa shape index (κ3) is 5.56. The highest BCUT2D eigenvalue weighted by Crippen LogP contribution is 2.19. The van der Waals surface area contributed by atoms with Gasteiger partial charge >= 0.3 is 5.97 Å². The minimum Gasteiger partial charge on any atom is -0.480 e. The van der Waals surface area contributed by atoms with Crippen molar-refractivity contribution in [2.24, 2.45) is 0 Å². The quantitative estimate of drug-likeness (QED) is 0.719. The third-order valence-corrected chi connectivity index (χ3v) is 5.87. The Labute approximate surface area is 127 Å². The van der Waals surface area contributed by atoms with Crippen LogP contribution in [0.15, 0.2) is 0 Å². The fourth-order valence-corrected chi connectivity index (χ4v) is 4.04. The van der Waals surface area contributed by atoms with Gasteiger partial charge < -0.3 is 10.4 Å². The number of carbonyl (C=O) groups is 1. The zero-order valence-electron chi connectivity index (χ0n) is 13.3.